The highest BCUT2D eigenvalue weighted by Crippen LogP contribution is 2.27. The maximum Gasteiger partial charge on any atom is 0.239 e. The molecule has 1 aliphatic heterocycles. The first-order chi connectivity index (χ1) is 7.05. The third kappa shape index (κ3) is 2.49. The first-order valence-corrected chi connectivity index (χ1v) is 5.73. The minimum atomic E-state index is -0.344. The zero-order chi connectivity index (χ0) is 11.5. The summed E-state index contributed by atoms with van der Waals surface area (Å²) in [5.74, 6) is 0.0408. The summed E-state index contributed by atoms with van der Waals surface area (Å²) < 4.78 is 0. The minimum Gasteiger partial charge on any atom is -0.396 e. The summed E-state index contributed by atoms with van der Waals surface area (Å²) in [6, 6.07) is -0.344. The van der Waals surface area contributed by atoms with Crippen molar-refractivity contribution in [1.29, 1.82) is 0 Å². The number of likely N-dealkylation sites (tertiary alicyclic amines) is 1. The van der Waals surface area contributed by atoms with Crippen molar-refractivity contribution in [3.63, 3.8) is 0 Å². The van der Waals surface area contributed by atoms with E-state index in [1.54, 1.807) is 0 Å². The van der Waals surface area contributed by atoms with Gasteiger partial charge in [-0.05, 0) is 32.6 Å². The Labute approximate surface area is 91.4 Å². The molecule has 0 aromatic heterocycles. The van der Waals surface area contributed by atoms with Crippen LogP contribution in [0, 0.1) is 0 Å². The summed E-state index contributed by atoms with van der Waals surface area (Å²) in [6.07, 6.45) is 3.23. The van der Waals surface area contributed by atoms with Crippen LogP contribution < -0.4 is 5.73 Å². The molecule has 0 aromatic rings. The highest BCUT2D eigenvalue weighted by Gasteiger charge is 2.37. The first kappa shape index (κ1) is 12.5. The molecule has 0 aliphatic carbocycles. The molecule has 3 N–H and O–H groups in total. The third-order valence-electron chi connectivity index (χ3n) is 3.54. The number of carbonyl (C=O) groups is 1. The zero-order valence-corrected chi connectivity index (χ0v) is 9.70. The molecule has 2 unspecified atom stereocenters. The van der Waals surface area contributed by atoms with Crippen LogP contribution in [0.5, 0.6) is 0 Å². The Balaban J connectivity index is 2.78. The Hall–Kier alpha value is -0.610. The van der Waals surface area contributed by atoms with Gasteiger partial charge in [0.2, 0.25) is 5.91 Å². The number of aliphatic hydroxyl groups excluding tert-OH is 1. The van der Waals surface area contributed by atoms with Gasteiger partial charge in [-0.25, -0.2) is 0 Å². The summed E-state index contributed by atoms with van der Waals surface area (Å²) in [5.41, 5.74) is 5.53. The molecule has 1 rings (SSSR count). The van der Waals surface area contributed by atoms with Gasteiger partial charge in [0, 0.05) is 18.7 Å². The molecule has 88 valence electrons. The fourth-order valence-corrected chi connectivity index (χ4v) is 2.18. The molecule has 4 heteroatoms. The lowest BCUT2D eigenvalue weighted by atomic mass is 9.89. The van der Waals surface area contributed by atoms with Crippen molar-refractivity contribution in [3.8, 4) is 0 Å². The van der Waals surface area contributed by atoms with E-state index in [0.29, 0.717) is 6.42 Å². The van der Waals surface area contributed by atoms with Crippen LogP contribution in [0.25, 0.3) is 0 Å². The molecule has 1 heterocycles. The maximum atomic E-state index is 11.9. The number of nitrogens with zero attached hydrogens (tertiary/aromatic N) is 1. The van der Waals surface area contributed by atoms with Gasteiger partial charge in [0.25, 0.3) is 0 Å². The second kappa shape index (κ2) is 4.94. The van der Waals surface area contributed by atoms with E-state index in [4.69, 9.17) is 10.8 Å². The van der Waals surface area contributed by atoms with E-state index in [1.165, 1.54) is 0 Å². The van der Waals surface area contributed by atoms with Gasteiger partial charge in [0.15, 0.2) is 0 Å². The monoisotopic (exact) mass is 214 g/mol. The van der Waals surface area contributed by atoms with Crippen molar-refractivity contribution in [2.75, 3.05) is 13.2 Å². The SMILES string of the molecule is CCC(C)(CCO)N1CCCC(N)C1=O. The molecule has 0 bridgehead atoms. The minimum absolute atomic E-state index is 0.0408. The number of rotatable bonds is 4. The van der Waals surface area contributed by atoms with E-state index < -0.39 is 0 Å². The molecule has 1 amide bonds. The molecular weight excluding hydrogens is 192 g/mol. The van der Waals surface area contributed by atoms with Gasteiger partial charge in [-0.15, -0.1) is 0 Å². The predicted octanol–water partition coefficient (Wildman–Crippen LogP) is 0.487. The van der Waals surface area contributed by atoms with E-state index in [0.717, 1.165) is 25.8 Å². The number of hydrogen-bond acceptors (Lipinski definition) is 3. The van der Waals surface area contributed by atoms with Gasteiger partial charge in [-0.3, -0.25) is 4.79 Å². The Morgan fingerprint density at radius 2 is 2.33 bits per heavy atom. The number of amides is 1. The molecule has 1 aliphatic rings. The van der Waals surface area contributed by atoms with Crippen molar-refractivity contribution in [1.82, 2.24) is 4.90 Å². The number of hydrogen-bond donors (Lipinski definition) is 2. The van der Waals surface area contributed by atoms with E-state index >= 15 is 0 Å². The second-order valence-corrected chi connectivity index (χ2v) is 4.56. The topological polar surface area (TPSA) is 66.6 Å². The molecule has 0 saturated carbocycles. The zero-order valence-electron chi connectivity index (χ0n) is 9.70. The Bertz CT molecular complexity index is 233. The average molecular weight is 214 g/mol. The molecular formula is C11H22N2O2. The van der Waals surface area contributed by atoms with Gasteiger partial charge in [-0.1, -0.05) is 6.92 Å². The molecule has 0 aromatic carbocycles. The van der Waals surface area contributed by atoms with Gasteiger partial charge in [0.05, 0.1) is 6.04 Å². The highest BCUT2D eigenvalue weighted by atomic mass is 16.3. The summed E-state index contributed by atoms with van der Waals surface area (Å²) in [4.78, 5) is 13.8. The van der Waals surface area contributed by atoms with Crippen LogP contribution in [0.3, 0.4) is 0 Å². The van der Waals surface area contributed by atoms with Gasteiger partial charge >= 0.3 is 0 Å². The van der Waals surface area contributed by atoms with Gasteiger partial charge in [-0.2, -0.15) is 0 Å². The molecule has 1 fully saturated rings. The molecule has 0 spiro atoms. The molecule has 4 nitrogen and oxygen atoms in total. The van der Waals surface area contributed by atoms with Crippen LogP contribution in [-0.4, -0.2) is 40.6 Å². The smallest absolute Gasteiger partial charge is 0.239 e. The standard InChI is InChI=1S/C11H22N2O2/c1-3-11(2,6-8-14)13-7-4-5-9(12)10(13)15/h9,14H,3-8,12H2,1-2H3. The summed E-state index contributed by atoms with van der Waals surface area (Å²) >= 11 is 0. The number of aliphatic hydroxyl groups is 1. The quantitative estimate of drug-likeness (QED) is 0.715. The largest absolute Gasteiger partial charge is 0.396 e. The lowest BCUT2D eigenvalue weighted by Gasteiger charge is -2.44. The van der Waals surface area contributed by atoms with E-state index in [-0.39, 0.29) is 24.1 Å². The predicted molar refractivity (Wildman–Crippen MR) is 59.3 cm³/mol. The lowest BCUT2D eigenvalue weighted by Crippen LogP contribution is -2.58. The molecule has 0 radical (unpaired) electrons. The normalized spacial score (nSPS) is 26.5. The van der Waals surface area contributed by atoms with Crippen molar-refractivity contribution < 1.29 is 9.90 Å². The highest BCUT2D eigenvalue weighted by molar-refractivity contribution is 5.83. The van der Waals surface area contributed by atoms with Gasteiger partial charge in [0.1, 0.15) is 0 Å². The average Bonchev–Trinajstić information content (AvgIpc) is 2.22. The van der Waals surface area contributed by atoms with Crippen molar-refractivity contribution in [3.05, 3.63) is 0 Å². The van der Waals surface area contributed by atoms with Crippen LogP contribution in [0.2, 0.25) is 0 Å². The number of piperidine rings is 1. The molecule has 2 atom stereocenters. The van der Waals surface area contributed by atoms with Crippen LogP contribution in [0.1, 0.15) is 39.5 Å². The van der Waals surface area contributed by atoms with E-state index in [1.807, 2.05) is 18.7 Å². The second-order valence-electron chi connectivity index (χ2n) is 4.56. The van der Waals surface area contributed by atoms with E-state index in [9.17, 15) is 4.79 Å². The maximum absolute atomic E-state index is 11.9. The number of carbonyl (C=O) groups excluding carboxylic acids is 1. The summed E-state index contributed by atoms with van der Waals surface area (Å²) in [5, 5.41) is 9.05. The fraction of sp³-hybridized carbons (Fsp3) is 0.909. The third-order valence-corrected chi connectivity index (χ3v) is 3.54. The van der Waals surface area contributed by atoms with Gasteiger partial charge < -0.3 is 15.7 Å². The van der Waals surface area contributed by atoms with Crippen molar-refractivity contribution in [2.45, 2.75) is 51.1 Å². The summed E-state index contributed by atoms with van der Waals surface area (Å²) in [6.45, 7) is 4.96. The van der Waals surface area contributed by atoms with Crippen LogP contribution in [-0.2, 0) is 4.79 Å². The van der Waals surface area contributed by atoms with Crippen LogP contribution >= 0.6 is 0 Å². The Morgan fingerprint density at radius 3 is 2.87 bits per heavy atom. The lowest BCUT2D eigenvalue weighted by molar-refractivity contribution is -0.142. The van der Waals surface area contributed by atoms with Crippen molar-refractivity contribution >= 4 is 5.91 Å². The van der Waals surface area contributed by atoms with E-state index in [2.05, 4.69) is 0 Å². The number of nitrogens with two attached hydrogens (primary N) is 1. The molecule has 15 heavy (non-hydrogen) atoms. The Kier molecular flexibility index (Phi) is 4.11. The molecule has 1 saturated heterocycles. The summed E-state index contributed by atoms with van der Waals surface area (Å²) in [7, 11) is 0. The van der Waals surface area contributed by atoms with Crippen molar-refractivity contribution in [2.24, 2.45) is 5.73 Å². The fourth-order valence-electron chi connectivity index (χ4n) is 2.18. The van der Waals surface area contributed by atoms with Crippen LogP contribution in [0.15, 0.2) is 0 Å². The van der Waals surface area contributed by atoms with Crippen LogP contribution in [0.4, 0.5) is 0 Å². The first-order valence-electron chi connectivity index (χ1n) is 5.73. The Morgan fingerprint density at radius 1 is 1.67 bits per heavy atom.